The third kappa shape index (κ3) is 3.06. The molecule has 0 atom stereocenters. The van der Waals surface area contributed by atoms with Gasteiger partial charge in [-0.2, -0.15) is 0 Å². The zero-order valence-corrected chi connectivity index (χ0v) is 13.5. The number of aromatic nitrogens is 2. The minimum atomic E-state index is -0.395. The summed E-state index contributed by atoms with van der Waals surface area (Å²) in [4.78, 5) is 16.5. The molecule has 3 rings (SSSR count). The van der Waals surface area contributed by atoms with Gasteiger partial charge in [-0.1, -0.05) is 46.6 Å². The topological polar surface area (TPSA) is 68.0 Å². The van der Waals surface area contributed by atoms with E-state index in [0.29, 0.717) is 33.3 Å². The molecule has 1 aromatic carbocycles. The van der Waals surface area contributed by atoms with E-state index in [0.717, 1.165) is 0 Å². The molecule has 0 aliphatic carbocycles. The van der Waals surface area contributed by atoms with Crippen molar-refractivity contribution in [2.75, 3.05) is 5.32 Å². The molecule has 0 saturated heterocycles. The standard InChI is InChI=1S/C16H11Cl2N3O2/c1-9-13(16(22)20-12-7-4-8-19-15(12)18)14(21-23-9)10-5-2-3-6-11(10)17/h2-8H,1H3,(H,20,22). The van der Waals surface area contributed by atoms with Gasteiger partial charge in [-0.25, -0.2) is 4.98 Å². The van der Waals surface area contributed by atoms with Crippen LogP contribution in [0.4, 0.5) is 5.69 Å². The summed E-state index contributed by atoms with van der Waals surface area (Å²) in [5, 5.41) is 7.35. The van der Waals surface area contributed by atoms with Crippen LogP contribution in [0.1, 0.15) is 16.1 Å². The van der Waals surface area contributed by atoms with Gasteiger partial charge in [-0.05, 0) is 25.1 Å². The van der Waals surface area contributed by atoms with Gasteiger partial charge in [0.1, 0.15) is 17.0 Å². The second kappa shape index (κ2) is 6.40. The fourth-order valence-electron chi connectivity index (χ4n) is 2.14. The molecule has 1 N–H and O–H groups in total. The van der Waals surface area contributed by atoms with E-state index in [2.05, 4.69) is 15.5 Å². The third-order valence-corrected chi connectivity index (χ3v) is 3.86. The van der Waals surface area contributed by atoms with E-state index in [-0.39, 0.29) is 5.15 Å². The van der Waals surface area contributed by atoms with Crippen molar-refractivity contribution < 1.29 is 9.32 Å². The molecule has 2 aromatic heterocycles. The number of pyridine rings is 1. The van der Waals surface area contributed by atoms with Crippen LogP contribution in [0.25, 0.3) is 11.3 Å². The molecule has 0 fully saturated rings. The van der Waals surface area contributed by atoms with Crippen LogP contribution in [0.15, 0.2) is 47.1 Å². The van der Waals surface area contributed by atoms with Gasteiger partial charge in [0.2, 0.25) is 0 Å². The van der Waals surface area contributed by atoms with Crippen molar-refractivity contribution in [3.8, 4) is 11.3 Å². The molecule has 3 aromatic rings. The number of hydrogen-bond donors (Lipinski definition) is 1. The number of rotatable bonds is 3. The number of carbonyl (C=O) groups is 1. The molecule has 0 bridgehead atoms. The van der Waals surface area contributed by atoms with Gasteiger partial charge in [-0.15, -0.1) is 0 Å². The smallest absolute Gasteiger partial charge is 0.261 e. The molecule has 0 radical (unpaired) electrons. The van der Waals surface area contributed by atoms with Gasteiger partial charge >= 0.3 is 0 Å². The average molecular weight is 348 g/mol. The first-order chi connectivity index (χ1) is 11.1. The number of halogens is 2. The molecular weight excluding hydrogens is 337 g/mol. The summed E-state index contributed by atoms with van der Waals surface area (Å²) in [6.07, 6.45) is 1.54. The van der Waals surface area contributed by atoms with Crippen molar-refractivity contribution in [2.45, 2.75) is 6.92 Å². The summed E-state index contributed by atoms with van der Waals surface area (Å²) in [5.41, 5.74) is 1.71. The summed E-state index contributed by atoms with van der Waals surface area (Å²) >= 11 is 12.2. The fourth-order valence-corrected chi connectivity index (χ4v) is 2.53. The first-order valence-corrected chi connectivity index (χ1v) is 7.46. The monoisotopic (exact) mass is 347 g/mol. The van der Waals surface area contributed by atoms with Crippen molar-refractivity contribution >= 4 is 34.8 Å². The molecule has 0 aliphatic rings. The number of anilines is 1. The Bertz CT molecular complexity index is 877. The van der Waals surface area contributed by atoms with E-state index in [1.54, 1.807) is 37.3 Å². The molecule has 2 heterocycles. The highest BCUT2D eigenvalue weighted by atomic mass is 35.5. The second-order valence-corrected chi connectivity index (χ2v) is 5.50. The quantitative estimate of drug-likeness (QED) is 0.702. The lowest BCUT2D eigenvalue weighted by atomic mass is 10.1. The van der Waals surface area contributed by atoms with Gasteiger partial charge in [0.05, 0.1) is 10.7 Å². The molecule has 5 nitrogen and oxygen atoms in total. The van der Waals surface area contributed by atoms with Crippen LogP contribution in [-0.4, -0.2) is 16.0 Å². The highest BCUT2D eigenvalue weighted by Crippen LogP contribution is 2.31. The average Bonchev–Trinajstić information content (AvgIpc) is 2.91. The van der Waals surface area contributed by atoms with Gasteiger partial charge < -0.3 is 9.84 Å². The van der Waals surface area contributed by atoms with Crippen LogP contribution in [0.3, 0.4) is 0 Å². The van der Waals surface area contributed by atoms with E-state index in [1.807, 2.05) is 6.07 Å². The van der Waals surface area contributed by atoms with Gasteiger partial charge in [0, 0.05) is 11.8 Å². The molecule has 7 heteroatoms. The number of aryl methyl sites for hydroxylation is 1. The Morgan fingerprint density at radius 1 is 1.17 bits per heavy atom. The lowest BCUT2D eigenvalue weighted by molar-refractivity contribution is 0.102. The zero-order chi connectivity index (χ0) is 16.4. The molecule has 23 heavy (non-hydrogen) atoms. The van der Waals surface area contributed by atoms with Crippen LogP contribution in [-0.2, 0) is 0 Å². The predicted molar refractivity (Wildman–Crippen MR) is 88.9 cm³/mol. The van der Waals surface area contributed by atoms with Crippen LogP contribution in [0.2, 0.25) is 10.2 Å². The normalized spacial score (nSPS) is 10.6. The maximum atomic E-state index is 12.6. The Hall–Kier alpha value is -2.37. The number of carbonyl (C=O) groups excluding carboxylic acids is 1. The molecule has 0 unspecified atom stereocenters. The summed E-state index contributed by atoms with van der Waals surface area (Å²) in [5.74, 6) is -0.00833. The molecule has 116 valence electrons. The zero-order valence-electron chi connectivity index (χ0n) is 12.0. The van der Waals surface area contributed by atoms with E-state index < -0.39 is 5.91 Å². The number of benzene rings is 1. The Morgan fingerprint density at radius 3 is 2.70 bits per heavy atom. The third-order valence-electron chi connectivity index (χ3n) is 3.23. The van der Waals surface area contributed by atoms with E-state index in [1.165, 1.54) is 6.20 Å². The summed E-state index contributed by atoms with van der Waals surface area (Å²) < 4.78 is 5.18. The highest BCUT2D eigenvalue weighted by molar-refractivity contribution is 6.34. The van der Waals surface area contributed by atoms with E-state index in [4.69, 9.17) is 27.7 Å². The Morgan fingerprint density at radius 2 is 1.96 bits per heavy atom. The van der Waals surface area contributed by atoms with Gasteiger partial charge in [0.25, 0.3) is 5.91 Å². The molecular formula is C16H11Cl2N3O2. The van der Waals surface area contributed by atoms with Gasteiger partial charge in [0.15, 0.2) is 5.15 Å². The Balaban J connectivity index is 2.01. The van der Waals surface area contributed by atoms with Gasteiger partial charge in [-0.3, -0.25) is 4.79 Å². The highest BCUT2D eigenvalue weighted by Gasteiger charge is 2.23. The summed E-state index contributed by atoms with van der Waals surface area (Å²) in [6.45, 7) is 1.66. The first-order valence-electron chi connectivity index (χ1n) is 6.71. The lowest BCUT2D eigenvalue weighted by Gasteiger charge is -2.07. The number of hydrogen-bond acceptors (Lipinski definition) is 4. The SMILES string of the molecule is Cc1onc(-c2ccccc2Cl)c1C(=O)Nc1cccnc1Cl. The van der Waals surface area contributed by atoms with Crippen molar-refractivity contribution in [3.63, 3.8) is 0 Å². The van der Waals surface area contributed by atoms with Crippen LogP contribution in [0.5, 0.6) is 0 Å². The number of nitrogens with one attached hydrogen (secondary N) is 1. The maximum absolute atomic E-state index is 12.6. The maximum Gasteiger partial charge on any atom is 0.261 e. The molecule has 1 amide bonds. The minimum Gasteiger partial charge on any atom is -0.360 e. The predicted octanol–water partition coefficient (Wildman–Crippen LogP) is 4.60. The van der Waals surface area contributed by atoms with Crippen molar-refractivity contribution in [2.24, 2.45) is 0 Å². The van der Waals surface area contributed by atoms with Crippen molar-refractivity contribution in [3.05, 3.63) is 64.1 Å². The molecule has 0 saturated carbocycles. The summed E-state index contributed by atoms with van der Waals surface area (Å²) in [7, 11) is 0. The second-order valence-electron chi connectivity index (χ2n) is 4.74. The number of amides is 1. The van der Waals surface area contributed by atoms with Crippen LogP contribution < -0.4 is 5.32 Å². The molecule has 0 spiro atoms. The largest absolute Gasteiger partial charge is 0.360 e. The Kier molecular flexibility index (Phi) is 4.32. The number of nitrogens with zero attached hydrogens (tertiary/aromatic N) is 2. The molecule has 0 aliphatic heterocycles. The lowest BCUT2D eigenvalue weighted by Crippen LogP contribution is -2.14. The Labute approximate surface area is 142 Å². The first kappa shape index (κ1) is 15.5. The van der Waals surface area contributed by atoms with E-state index >= 15 is 0 Å². The van der Waals surface area contributed by atoms with Crippen molar-refractivity contribution in [1.29, 1.82) is 0 Å². The van der Waals surface area contributed by atoms with Crippen molar-refractivity contribution in [1.82, 2.24) is 10.1 Å². The van der Waals surface area contributed by atoms with Crippen LogP contribution in [0, 0.1) is 6.92 Å². The van der Waals surface area contributed by atoms with E-state index in [9.17, 15) is 4.79 Å². The van der Waals surface area contributed by atoms with Crippen LogP contribution >= 0.6 is 23.2 Å². The fraction of sp³-hybridized carbons (Fsp3) is 0.0625. The summed E-state index contributed by atoms with van der Waals surface area (Å²) in [6, 6.07) is 10.4. The minimum absolute atomic E-state index is 0.203.